The van der Waals surface area contributed by atoms with Crippen LogP contribution in [-0.4, -0.2) is 94.0 Å². The second-order valence-corrected chi connectivity index (χ2v) is 14.4. The lowest BCUT2D eigenvalue weighted by atomic mass is 9.70. The standard InChI is InChI=1S/C37H43BrClN3O7/c1-5-7-18-28(44)40(4)23(3)31(24-14-9-8-10-15-24)48-36(47)29-30-34(45)42(20-13-21-43)33(37(30)22-25(38)32(29)49-37)35(46)41(19-6-2)27-17-12-11-16-26(27)39/h5-6,8-12,14-17,23,25,29-33,43H,1-2,7,13,18-22H2,3-4H3/t23-,25?,29-,30+,31+,32-,33-,37+/m0/s1. The number of rotatable bonds is 15. The first kappa shape index (κ1) is 36.8. The fourth-order valence-corrected chi connectivity index (χ4v) is 8.72. The van der Waals surface area contributed by atoms with E-state index in [-0.39, 0.29) is 43.3 Å². The summed E-state index contributed by atoms with van der Waals surface area (Å²) >= 11 is 10.3. The number of esters is 1. The first-order valence-corrected chi connectivity index (χ1v) is 17.8. The van der Waals surface area contributed by atoms with Crippen molar-refractivity contribution < 1.29 is 33.8 Å². The highest BCUT2D eigenvalue weighted by Crippen LogP contribution is 2.60. The monoisotopic (exact) mass is 755 g/mol. The minimum atomic E-state index is -1.35. The molecule has 3 saturated heterocycles. The van der Waals surface area contributed by atoms with Crippen LogP contribution >= 0.6 is 27.5 Å². The summed E-state index contributed by atoms with van der Waals surface area (Å²) in [6.45, 7) is 9.35. The number of fused-ring (bicyclic) bond motifs is 1. The van der Waals surface area contributed by atoms with Gasteiger partial charge in [0, 0.05) is 38.0 Å². The number of likely N-dealkylation sites (N-methyl/N-ethyl adjacent to an activating group) is 1. The molecule has 1 N–H and O–H groups in total. The number of nitrogens with zero attached hydrogens (tertiary/aromatic N) is 3. The lowest BCUT2D eigenvalue weighted by Crippen LogP contribution is -2.57. The number of allylic oxidation sites excluding steroid dienone is 1. The van der Waals surface area contributed by atoms with E-state index in [9.17, 15) is 24.3 Å². The van der Waals surface area contributed by atoms with Gasteiger partial charge in [0.2, 0.25) is 11.8 Å². The van der Waals surface area contributed by atoms with Crippen LogP contribution in [0.25, 0.3) is 0 Å². The van der Waals surface area contributed by atoms with Gasteiger partial charge in [-0.05, 0) is 43.9 Å². The molecule has 10 nitrogen and oxygen atoms in total. The van der Waals surface area contributed by atoms with Crippen LogP contribution in [0.5, 0.6) is 0 Å². The average Bonchev–Trinajstić information content (AvgIpc) is 3.70. The molecule has 0 aliphatic carbocycles. The highest BCUT2D eigenvalue weighted by molar-refractivity contribution is 9.09. The van der Waals surface area contributed by atoms with Crippen molar-refractivity contribution in [3.63, 3.8) is 0 Å². The molecule has 5 rings (SSSR count). The maximum absolute atomic E-state index is 14.7. The number of carbonyl (C=O) groups is 4. The number of alkyl halides is 1. The summed E-state index contributed by atoms with van der Waals surface area (Å²) in [5.41, 5.74) is -0.206. The third-order valence-corrected chi connectivity index (χ3v) is 11.1. The molecule has 0 saturated carbocycles. The van der Waals surface area contributed by atoms with Crippen molar-refractivity contribution >= 4 is 56.9 Å². The number of hydrogen-bond donors (Lipinski definition) is 1. The van der Waals surface area contributed by atoms with Crippen molar-refractivity contribution in [2.75, 3.05) is 31.6 Å². The SMILES string of the molecule is C=CCCC(=O)N(C)[C@@H](C)[C@@H](OC(=O)[C@@H]1[C@H]2O[C@@]3(CC2Br)[C@H](C(=O)N(CC=C)c2ccccc2Cl)N(CCCO)C(=O)[C@@H]13)c1ccccc1. The maximum atomic E-state index is 14.7. The minimum Gasteiger partial charge on any atom is -0.455 e. The van der Waals surface area contributed by atoms with Crippen LogP contribution in [0, 0.1) is 11.8 Å². The Morgan fingerprint density at radius 1 is 1.16 bits per heavy atom. The molecule has 3 amide bonds. The van der Waals surface area contributed by atoms with E-state index in [0.29, 0.717) is 29.1 Å². The number of anilines is 1. The van der Waals surface area contributed by atoms with Gasteiger partial charge in [-0.3, -0.25) is 19.2 Å². The lowest BCUT2D eigenvalue weighted by Gasteiger charge is -2.37. The third kappa shape index (κ3) is 6.82. The number of hydrogen-bond acceptors (Lipinski definition) is 7. The zero-order valence-corrected chi connectivity index (χ0v) is 30.1. The van der Waals surface area contributed by atoms with Gasteiger partial charge in [0.1, 0.15) is 17.7 Å². The Balaban J connectivity index is 1.51. The molecule has 3 heterocycles. The number of para-hydroxylation sites is 1. The Morgan fingerprint density at radius 2 is 1.86 bits per heavy atom. The number of likely N-dealkylation sites (tertiary alicyclic amines) is 1. The Bertz CT molecular complexity index is 1580. The summed E-state index contributed by atoms with van der Waals surface area (Å²) in [6, 6.07) is 14.4. The molecule has 12 heteroatoms. The van der Waals surface area contributed by atoms with Gasteiger partial charge in [-0.1, -0.05) is 82.1 Å². The molecule has 0 radical (unpaired) electrons. The summed E-state index contributed by atoms with van der Waals surface area (Å²) < 4.78 is 13.0. The van der Waals surface area contributed by atoms with Crippen LogP contribution < -0.4 is 4.90 Å². The Morgan fingerprint density at radius 3 is 2.51 bits per heavy atom. The zero-order valence-electron chi connectivity index (χ0n) is 27.8. The van der Waals surface area contributed by atoms with Crippen LogP contribution in [0.15, 0.2) is 79.9 Å². The van der Waals surface area contributed by atoms with E-state index in [0.717, 1.165) is 0 Å². The summed E-state index contributed by atoms with van der Waals surface area (Å²) in [7, 11) is 1.67. The van der Waals surface area contributed by atoms with Crippen LogP contribution in [0.3, 0.4) is 0 Å². The summed E-state index contributed by atoms with van der Waals surface area (Å²) in [6.07, 6.45) is 2.96. The van der Waals surface area contributed by atoms with Gasteiger partial charge in [-0.15, -0.1) is 13.2 Å². The topological polar surface area (TPSA) is 117 Å². The molecule has 3 aliphatic rings. The van der Waals surface area contributed by atoms with Crippen molar-refractivity contribution in [1.82, 2.24) is 9.80 Å². The fraction of sp³-hybridized carbons (Fsp3) is 0.459. The molecule has 3 fully saturated rings. The molecule has 1 spiro atoms. The van der Waals surface area contributed by atoms with Crippen LogP contribution in [0.1, 0.15) is 44.3 Å². The van der Waals surface area contributed by atoms with Gasteiger partial charge in [0.25, 0.3) is 5.91 Å². The van der Waals surface area contributed by atoms with Gasteiger partial charge < -0.3 is 29.3 Å². The summed E-state index contributed by atoms with van der Waals surface area (Å²) in [5.74, 6) is -3.65. The lowest BCUT2D eigenvalue weighted by molar-refractivity contribution is -0.164. The number of aliphatic hydroxyl groups excluding tert-OH is 1. The molecular weight excluding hydrogens is 714 g/mol. The average molecular weight is 757 g/mol. The van der Waals surface area contributed by atoms with Crippen LogP contribution in [0.4, 0.5) is 5.69 Å². The van der Waals surface area contributed by atoms with E-state index in [1.165, 1.54) is 9.80 Å². The highest BCUT2D eigenvalue weighted by Gasteiger charge is 2.77. The second-order valence-electron chi connectivity index (χ2n) is 12.8. The number of benzene rings is 2. The minimum absolute atomic E-state index is 0.0818. The molecule has 2 bridgehead atoms. The van der Waals surface area contributed by atoms with Crippen molar-refractivity contribution in [2.45, 2.75) is 67.3 Å². The molecule has 3 aliphatic heterocycles. The van der Waals surface area contributed by atoms with Gasteiger partial charge in [-0.25, -0.2) is 0 Å². The molecule has 2 aromatic rings. The van der Waals surface area contributed by atoms with E-state index >= 15 is 0 Å². The van der Waals surface area contributed by atoms with E-state index in [2.05, 4.69) is 29.1 Å². The zero-order chi connectivity index (χ0) is 35.5. The van der Waals surface area contributed by atoms with Gasteiger partial charge in [0.15, 0.2) is 0 Å². The Kier molecular flexibility index (Phi) is 11.7. The first-order chi connectivity index (χ1) is 23.5. The summed E-state index contributed by atoms with van der Waals surface area (Å²) in [4.78, 5) is 60.7. The number of carbonyl (C=O) groups excluding carboxylic acids is 4. The number of halogens is 2. The molecular formula is C37H43BrClN3O7. The molecule has 2 aromatic carbocycles. The molecule has 0 aromatic heterocycles. The van der Waals surface area contributed by atoms with Crippen molar-refractivity contribution in [3.05, 3.63) is 90.5 Å². The predicted octanol–water partition coefficient (Wildman–Crippen LogP) is 5.09. The summed E-state index contributed by atoms with van der Waals surface area (Å²) in [5, 5.41) is 10.1. The smallest absolute Gasteiger partial charge is 0.313 e. The van der Waals surface area contributed by atoms with E-state index < -0.39 is 59.5 Å². The van der Waals surface area contributed by atoms with Gasteiger partial charge >= 0.3 is 5.97 Å². The second kappa shape index (κ2) is 15.6. The number of ether oxygens (including phenoxy) is 2. The van der Waals surface area contributed by atoms with E-state index in [4.69, 9.17) is 21.1 Å². The van der Waals surface area contributed by atoms with Crippen molar-refractivity contribution in [3.8, 4) is 0 Å². The Hall–Kier alpha value is -3.51. The first-order valence-electron chi connectivity index (χ1n) is 16.5. The van der Waals surface area contributed by atoms with Crippen molar-refractivity contribution in [2.24, 2.45) is 11.8 Å². The third-order valence-electron chi connectivity index (χ3n) is 9.95. The number of aliphatic hydroxyl groups is 1. The van der Waals surface area contributed by atoms with E-state index in [1.54, 1.807) is 48.4 Å². The fourth-order valence-electron chi connectivity index (χ4n) is 7.54. The van der Waals surface area contributed by atoms with Gasteiger partial charge in [-0.2, -0.15) is 0 Å². The van der Waals surface area contributed by atoms with Crippen LogP contribution in [-0.2, 0) is 28.7 Å². The maximum Gasteiger partial charge on any atom is 0.313 e. The van der Waals surface area contributed by atoms with Crippen LogP contribution in [0.2, 0.25) is 5.02 Å². The molecule has 1 unspecified atom stereocenters. The molecule has 49 heavy (non-hydrogen) atoms. The largest absolute Gasteiger partial charge is 0.455 e. The van der Waals surface area contributed by atoms with E-state index in [1.807, 2.05) is 37.3 Å². The van der Waals surface area contributed by atoms with Crippen molar-refractivity contribution in [1.29, 1.82) is 0 Å². The normalized spacial score (nSPS) is 26.5. The Labute approximate surface area is 300 Å². The molecule has 262 valence electrons. The quantitative estimate of drug-likeness (QED) is 0.153. The highest BCUT2D eigenvalue weighted by atomic mass is 79.9. The predicted molar refractivity (Wildman–Crippen MR) is 190 cm³/mol. The molecule has 8 atom stereocenters. The number of amides is 3. The van der Waals surface area contributed by atoms with Gasteiger partial charge in [0.05, 0.1) is 34.7 Å².